The average molecular weight is 180 g/mol. The Hall–Kier alpha value is -0.990. The Kier molecular flexibility index (Phi) is 1.30. The fraction of sp³-hybridized carbons (Fsp3) is 0.700. The SMILES string of the molecule is C=CO[C@@H]1[C@@H]2C[C@@H]3[C@@H]1OC(=O)[C@H]3C2. The molecule has 3 nitrogen and oxygen atoms in total. The summed E-state index contributed by atoms with van der Waals surface area (Å²) in [5.41, 5.74) is 0. The van der Waals surface area contributed by atoms with Crippen LogP contribution in [0, 0.1) is 17.8 Å². The highest BCUT2D eigenvalue weighted by molar-refractivity contribution is 5.76. The van der Waals surface area contributed by atoms with Crippen LogP contribution in [-0.4, -0.2) is 18.2 Å². The molecule has 0 radical (unpaired) electrons. The molecule has 0 aromatic heterocycles. The largest absolute Gasteiger partial charge is 0.494 e. The van der Waals surface area contributed by atoms with E-state index in [-0.39, 0.29) is 24.1 Å². The van der Waals surface area contributed by atoms with Gasteiger partial charge in [0.25, 0.3) is 0 Å². The Morgan fingerprint density at radius 3 is 3.15 bits per heavy atom. The van der Waals surface area contributed by atoms with Crippen molar-refractivity contribution in [2.75, 3.05) is 0 Å². The van der Waals surface area contributed by atoms with Crippen LogP contribution in [0.1, 0.15) is 12.8 Å². The summed E-state index contributed by atoms with van der Waals surface area (Å²) in [5, 5.41) is 0. The molecule has 2 aliphatic carbocycles. The van der Waals surface area contributed by atoms with Crippen LogP contribution >= 0.6 is 0 Å². The highest BCUT2D eigenvalue weighted by Crippen LogP contribution is 2.55. The van der Waals surface area contributed by atoms with E-state index >= 15 is 0 Å². The lowest BCUT2D eigenvalue weighted by Crippen LogP contribution is -2.32. The molecular formula is C10H12O3. The molecule has 1 aliphatic heterocycles. The first-order valence-corrected chi connectivity index (χ1v) is 4.78. The monoisotopic (exact) mass is 180 g/mol. The van der Waals surface area contributed by atoms with E-state index in [1.807, 2.05) is 0 Å². The molecule has 0 amide bonds. The fourth-order valence-electron chi connectivity index (χ4n) is 3.20. The van der Waals surface area contributed by atoms with Gasteiger partial charge in [-0.1, -0.05) is 6.58 Å². The van der Waals surface area contributed by atoms with E-state index in [9.17, 15) is 4.79 Å². The van der Waals surface area contributed by atoms with Gasteiger partial charge in [0.05, 0.1) is 12.2 Å². The predicted molar refractivity (Wildman–Crippen MR) is 44.7 cm³/mol. The van der Waals surface area contributed by atoms with Crippen LogP contribution in [0.5, 0.6) is 0 Å². The van der Waals surface area contributed by atoms with Crippen molar-refractivity contribution >= 4 is 5.97 Å². The van der Waals surface area contributed by atoms with E-state index in [1.54, 1.807) is 0 Å². The number of carbonyl (C=O) groups excluding carboxylic acids is 1. The topological polar surface area (TPSA) is 35.5 Å². The van der Waals surface area contributed by atoms with Crippen molar-refractivity contribution in [3.8, 4) is 0 Å². The Morgan fingerprint density at radius 1 is 1.54 bits per heavy atom. The van der Waals surface area contributed by atoms with Crippen molar-refractivity contribution in [3.63, 3.8) is 0 Å². The van der Waals surface area contributed by atoms with Gasteiger partial charge in [-0.25, -0.2) is 0 Å². The summed E-state index contributed by atoms with van der Waals surface area (Å²) in [4.78, 5) is 11.3. The second kappa shape index (κ2) is 2.28. The first-order valence-electron chi connectivity index (χ1n) is 4.78. The molecule has 13 heavy (non-hydrogen) atoms. The normalized spacial score (nSPS) is 50.8. The lowest BCUT2D eigenvalue weighted by molar-refractivity contribution is -0.145. The minimum Gasteiger partial charge on any atom is -0.494 e. The van der Waals surface area contributed by atoms with Crippen molar-refractivity contribution in [1.29, 1.82) is 0 Å². The number of hydrogen-bond donors (Lipinski definition) is 0. The lowest BCUT2D eigenvalue weighted by Gasteiger charge is -2.24. The van der Waals surface area contributed by atoms with E-state index in [1.165, 1.54) is 6.26 Å². The third-order valence-corrected chi connectivity index (χ3v) is 3.67. The minimum absolute atomic E-state index is 0.00679. The average Bonchev–Trinajstić information content (AvgIpc) is 2.69. The van der Waals surface area contributed by atoms with Crippen LogP contribution in [-0.2, 0) is 14.3 Å². The van der Waals surface area contributed by atoms with Gasteiger partial charge in [0.2, 0.25) is 0 Å². The van der Waals surface area contributed by atoms with Crippen molar-refractivity contribution in [3.05, 3.63) is 12.8 Å². The third kappa shape index (κ3) is 0.773. The number of carbonyl (C=O) groups is 1. The Labute approximate surface area is 76.7 Å². The molecule has 0 aromatic rings. The molecule has 3 heteroatoms. The molecule has 3 fully saturated rings. The van der Waals surface area contributed by atoms with Gasteiger partial charge in [0.1, 0.15) is 12.2 Å². The van der Waals surface area contributed by atoms with Gasteiger partial charge in [-0.05, 0) is 12.8 Å². The van der Waals surface area contributed by atoms with Crippen LogP contribution in [0.2, 0.25) is 0 Å². The van der Waals surface area contributed by atoms with Crippen molar-refractivity contribution in [2.24, 2.45) is 17.8 Å². The standard InChI is InChI=1S/C10H12O3/c1-2-12-8-5-3-6-7(4-5)10(11)13-9(6)8/h2,5-9H,1,3-4H2/t5-,6+,7+,8-,9+/m1/s1. The van der Waals surface area contributed by atoms with Gasteiger partial charge in [-0.2, -0.15) is 0 Å². The number of rotatable bonds is 2. The van der Waals surface area contributed by atoms with E-state index in [0.717, 1.165) is 12.8 Å². The molecule has 5 atom stereocenters. The highest BCUT2D eigenvalue weighted by Gasteiger charge is 2.62. The number of esters is 1. The number of hydrogen-bond acceptors (Lipinski definition) is 3. The Morgan fingerprint density at radius 2 is 2.38 bits per heavy atom. The van der Waals surface area contributed by atoms with Crippen LogP contribution in [0.25, 0.3) is 0 Å². The molecular weight excluding hydrogens is 168 g/mol. The molecule has 1 heterocycles. The van der Waals surface area contributed by atoms with E-state index in [4.69, 9.17) is 9.47 Å². The van der Waals surface area contributed by atoms with Crippen molar-refractivity contribution < 1.29 is 14.3 Å². The molecule has 3 aliphatic rings. The molecule has 0 aromatic carbocycles. The lowest BCUT2D eigenvalue weighted by atomic mass is 9.88. The number of ether oxygens (including phenoxy) is 2. The zero-order valence-corrected chi connectivity index (χ0v) is 7.31. The summed E-state index contributed by atoms with van der Waals surface area (Å²) in [6.07, 6.45) is 3.63. The molecule has 2 bridgehead atoms. The van der Waals surface area contributed by atoms with E-state index in [0.29, 0.717) is 11.8 Å². The van der Waals surface area contributed by atoms with E-state index < -0.39 is 0 Å². The predicted octanol–water partition coefficient (Wildman–Crippen LogP) is 1.10. The summed E-state index contributed by atoms with van der Waals surface area (Å²) >= 11 is 0. The molecule has 3 rings (SSSR count). The second-order valence-corrected chi connectivity index (χ2v) is 4.17. The molecule has 0 spiro atoms. The van der Waals surface area contributed by atoms with Gasteiger partial charge in [-0.15, -0.1) is 0 Å². The zero-order valence-electron chi connectivity index (χ0n) is 7.31. The Balaban J connectivity index is 1.90. The minimum atomic E-state index is -0.00679. The summed E-state index contributed by atoms with van der Waals surface area (Å²) in [6, 6.07) is 0. The third-order valence-electron chi connectivity index (χ3n) is 3.67. The Bertz CT molecular complexity index is 273. The zero-order chi connectivity index (χ0) is 9.00. The summed E-state index contributed by atoms with van der Waals surface area (Å²) in [5.74, 6) is 1.12. The summed E-state index contributed by atoms with van der Waals surface area (Å²) in [6.45, 7) is 3.55. The van der Waals surface area contributed by atoms with Gasteiger partial charge in [0, 0.05) is 11.8 Å². The summed E-state index contributed by atoms with van der Waals surface area (Å²) < 4.78 is 10.7. The summed E-state index contributed by atoms with van der Waals surface area (Å²) in [7, 11) is 0. The molecule has 70 valence electrons. The van der Waals surface area contributed by atoms with Crippen LogP contribution < -0.4 is 0 Å². The first-order chi connectivity index (χ1) is 6.31. The van der Waals surface area contributed by atoms with Gasteiger partial charge < -0.3 is 9.47 Å². The van der Waals surface area contributed by atoms with Crippen LogP contribution in [0.3, 0.4) is 0 Å². The molecule has 0 unspecified atom stereocenters. The fourth-order valence-corrected chi connectivity index (χ4v) is 3.20. The van der Waals surface area contributed by atoms with E-state index in [2.05, 4.69) is 6.58 Å². The van der Waals surface area contributed by atoms with Crippen LogP contribution in [0.15, 0.2) is 12.8 Å². The maximum absolute atomic E-state index is 11.3. The second-order valence-electron chi connectivity index (χ2n) is 4.17. The van der Waals surface area contributed by atoms with Crippen molar-refractivity contribution in [1.82, 2.24) is 0 Å². The van der Waals surface area contributed by atoms with Gasteiger partial charge >= 0.3 is 5.97 Å². The van der Waals surface area contributed by atoms with Crippen molar-refractivity contribution in [2.45, 2.75) is 25.0 Å². The molecule has 2 saturated carbocycles. The van der Waals surface area contributed by atoms with Gasteiger partial charge in [-0.3, -0.25) is 4.79 Å². The maximum Gasteiger partial charge on any atom is 0.309 e. The smallest absolute Gasteiger partial charge is 0.309 e. The molecule has 0 N–H and O–H groups in total. The maximum atomic E-state index is 11.3. The first kappa shape index (κ1) is 7.42. The number of fused-ring (bicyclic) bond motifs is 1. The quantitative estimate of drug-likeness (QED) is 0.471. The van der Waals surface area contributed by atoms with Crippen LogP contribution in [0.4, 0.5) is 0 Å². The van der Waals surface area contributed by atoms with Gasteiger partial charge in [0.15, 0.2) is 0 Å². The highest BCUT2D eigenvalue weighted by atomic mass is 16.6. The molecule has 1 saturated heterocycles.